The van der Waals surface area contributed by atoms with Gasteiger partial charge in [0, 0.05) is 12.8 Å². The van der Waals surface area contributed by atoms with Gasteiger partial charge in [-0.25, -0.2) is 0 Å². The SMILES string of the molecule is [CH2-][NH+]1CCC(=C(Cl)Cl)CC1. The molecule has 1 nitrogen and oxygen atoms in total. The van der Waals surface area contributed by atoms with Crippen LogP contribution in [-0.2, 0) is 0 Å². The second-order valence-electron chi connectivity index (χ2n) is 2.61. The Hall–Kier alpha value is 0.280. The Balaban J connectivity index is 2.48. The Labute approximate surface area is 71.6 Å². The zero-order chi connectivity index (χ0) is 7.56. The minimum atomic E-state index is 0.465. The van der Waals surface area contributed by atoms with Gasteiger partial charge in [0.1, 0.15) is 4.49 Å². The molecule has 1 saturated heterocycles. The minimum Gasteiger partial charge on any atom is -0.467 e. The molecule has 3 heteroatoms. The molecule has 0 aromatic rings. The van der Waals surface area contributed by atoms with Gasteiger partial charge in [-0.2, -0.15) is 7.05 Å². The largest absolute Gasteiger partial charge is 0.467 e. The van der Waals surface area contributed by atoms with Gasteiger partial charge in [-0.15, -0.1) is 0 Å². The Morgan fingerprint density at radius 1 is 1.30 bits per heavy atom. The number of likely N-dealkylation sites (tertiary alicyclic amines) is 1. The first kappa shape index (κ1) is 8.38. The summed E-state index contributed by atoms with van der Waals surface area (Å²) in [5.74, 6) is 0. The van der Waals surface area contributed by atoms with E-state index in [4.69, 9.17) is 23.2 Å². The summed E-state index contributed by atoms with van der Waals surface area (Å²) in [6.07, 6.45) is 2.00. The van der Waals surface area contributed by atoms with Crippen LogP contribution in [0.1, 0.15) is 12.8 Å². The Kier molecular flexibility index (Phi) is 3.02. The number of quaternary nitrogens is 1. The first-order valence-corrected chi connectivity index (χ1v) is 4.15. The average molecular weight is 180 g/mol. The molecule has 1 N–H and O–H groups in total. The van der Waals surface area contributed by atoms with Gasteiger partial charge in [0.05, 0.1) is 13.1 Å². The van der Waals surface area contributed by atoms with Gasteiger partial charge in [0.2, 0.25) is 0 Å². The van der Waals surface area contributed by atoms with Crippen LogP contribution < -0.4 is 4.90 Å². The molecular weight excluding hydrogens is 169 g/mol. The molecule has 0 radical (unpaired) electrons. The second-order valence-corrected chi connectivity index (χ2v) is 3.56. The summed E-state index contributed by atoms with van der Waals surface area (Å²) in [5.41, 5.74) is 1.19. The molecule has 1 aliphatic heterocycles. The van der Waals surface area contributed by atoms with Gasteiger partial charge in [-0.05, 0) is 5.57 Å². The van der Waals surface area contributed by atoms with E-state index in [1.165, 1.54) is 10.5 Å². The molecule has 0 atom stereocenters. The van der Waals surface area contributed by atoms with Gasteiger partial charge in [0.25, 0.3) is 0 Å². The van der Waals surface area contributed by atoms with Crippen LogP contribution in [0.2, 0.25) is 0 Å². The molecule has 10 heavy (non-hydrogen) atoms. The van der Waals surface area contributed by atoms with Gasteiger partial charge < -0.3 is 4.90 Å². The summed E-state index contributed by atoms with van der Waals surface area (Å²) in [6, 6.07) is 0. The molecule has 0 unspecified atom stereocenters. The lowest BCUT2D eigenvalue weighted by Crippen LogP contribution is -3.07. The van der Waals surface area contributed by atoms with E-state index in [-0.39, 0.29) is 0 Å². The van der Waals surface area contributed by atoms with Gasteiger partial charge in [-0.3, -0.25) is 0 Å². The highest BCUT2D eigenvalue weighted by Crippen LogP contribution is 2.20. The van der Waals surface area contributed by atoms with Crippen molar-refractivity contribution >= 4 is 23.2 Å². The molecule has 1 fully saturated rings. The van der Waals surface area contributed by atoms with E-state index in [2.05, 4.69) is 7.05 Å². The van der Waals surface area contributed by atoms with Crippen LogP contribution in [0.5, 0.6) is 0 Å². The van der Waals surface area contributed by atoms with E-state index in [1.807, 2.05) is 0 Å². The van der Waals surface area contributed by atoms with E-state index in [0.29, 0.717) is 4.49 Å². The van der Waals surface area contributed by atoms with Crippen LogP contribution in [-0.4, -0.2) is 13.1 Å². The Bertz CT molecular complexity index is 140. The number of hydrogen-bond donors (Lipinski definition) is 1. The monoisotopic (exact) mass is 179 g/mol. The van der Waals surface area contributed by atoms with Crippen LogP contribution in [0.25, 0.3) is 0 Å². The number of hydrogen-bond acceptors (Lipinski definition) is 0. The molecule has 0 aromatic carbocycles. The summed E-state index contributed by atoms with van der Waals surface area (Å²) < 4.78 is 0.465. The third kappa shape index (κ3) is 2.15. The van der Waals surface area contributed by atoms with E-state index >= 15 is 0 Å². The van der Waals surface area contributed by atoms with Gasteiger partial charge >= 0.3 is 0 Å². The molecule has 0 spiro atoms. The van der Waals surface area contributed by atoms with Crippen molar-refractivity contribution in [1.29, 1.82) is 0 Å². The maximum atomic E-state index is 5.62. The first-order valence-electron chi connectivity index (χ1n) is 3.40. The lowest BCUT2D eigenvalue weighted by Gasteiger charge is -2.26. The summed E-state index contributed by atoms with van der Waals surface area (Å²) in [7, 11) is 3.90. The first-order chi connectivity index (χ1) is 4.70. The lowest BCUT2D eigenvalue weighted by atomic mass is 10.1. The second kappa shape index (κ2) is 3.61. The van der Waals surface area contributed by atoms with Crippen LogP contribution in [0.15, 0.2) is 10.1 Å². The maximum Gasteiger partial charge on any atom is 0.106 e. The van der Waals surface area contributed by atoms with Crippen molar-refractivity contribution in [2.75, 3.05) is 13.1 Å². The number of piperidine rings is 1. The normalized spacial score (nSPS) is 26.7. The summed E-state index contributed by atoms with van der Waals surface area (Å²) >= 11 is 11.2. The summed E-state index contributed by atoms with van der Waals surface area (Å²) in [4.78, 5) is 1.32. The van der Waals surface area contributed by atoms with Crippen molar-refractivity contribution in [3.05, 3.63) is 17.1 Å². The zero-order valence-corrected chi connectivity index (χ0v) is 7.30. The van der Waals surface area contributed by atoms with Crippen LogP contribution in [0.4, 0.5) is 0 Å². The van der Waals surface area contributed by atoms with E-state index < -0.39 is 0 Å². The maximum absolute atomic E-state index is 5.62. The highest BCUT2D eigenvalue weighted by Gasteiger charge is 2.11. The average Bonchev–Trinajstić information content (AvgIpc) is 1.88. The lowest BCUT2D eigenvalue weighted by molar-refractivity contribution is -0.856. The third-order valence-corrected chi connectivity index (χ3v) is 2.36. The molecule has 1 aliphatic rings. The molecule has 0 saturated carbocycles. The van der Waals surface area contributed by atoms with E-state index in [9.17, 15) is 0 Å². The fourth-order valence-electron chi connectivity index (χ4n) is 1.09. The van der Waals surface area contributed by atoms with Crippen LogP contribution in [0.3, 0.4) is 0 Å². The molecular formula is C7H11Cl2N. The van der Waals surface area contributed by atoms with E-state index in [1.54, 1.807) is 0 Å². The fraction of sp³-hybridized carbons (Fsp3) is 0.571. The predicted octanol–water partition coefficient (Wildman–Crippen LogP) is 1.15. The van der Waals surface area contributed by atoms with Crippen molar-refractivity contribution in [3.8, 4) is 0 Å². The van der Waals surface area contributed by atoms with Gasteiger partial charge in [-0.1, -0.05) is 23.2 Å². The highest BCUT2D eigenvalue weighted by molar-refractivity contribution is 6.56. The number of nitrogens with one attached hydrogen (secondary N) is 1. The quantitative estimate of drug-likeness (QED) is 0.533. The molecule has 0 amide bonds. The number of halogens is 2. The van der Waals surface area contributed by atoms with Crippen molar-refractivity contribution in [3.63, 3.8) is 0 Å². The van der Waals surface area contributed by atoms with Crippen molar-refractivity contribution in [2.24, 2.45) is 0 Å². The fourth-order valence-corrected chi connectivity index (χ4v) is 1.47. The minimum absolute atomic E-state index is 0.465. The molecule has 0 aromatic heterocycles. The van der Waals surface area contributed by atoms with Crippen LogP contribution in [0, 0.1) is 7.05 Å². The molecule has 0 aliphatic carbocycles. The molecule has 1 heterocycles. The van der Waals surface area contributed by atoms with Crippen molar-refractivity contribution in [2.45, 2.75) is 12.8 Å². The van der Waals surface area contributed by atoms with E-state index in [0.717, 1.165) is 25.9 Å². The van der Waals surface area contributed by atoms with Crippen LogP contribution >= 0.6 is 23.2 Å². The van der Waals surface area contributed by atoms with Gasteiger partial charge in [0.15, 0.2) is 0 Å². The summed E-state index contributed by atoms with van der Waals surface area (Å²) in [5, 5.41) is 0. The molecule has 58 valence electrons. The Morgan fingerprint density at radius 3 is 2.20 bits per heavy atom. The standard InChI is InChI=1S/C7H11Cl2N/c1-10-4-2-6(3-5-10)7(8)9/h10H,1-5H2. The molecule has 0 bridgehead atoms. The van der Waals surface area contributed by atoms with Crippen molar-refractivity contribution < 1.29 is 4.90 Å². The summed E-state index contributed by atoms with van der Waals surface area (Å²) in [6.45, 7) is 2.11. The van der Waals surface area contributed by atoms with Crippen molar-refractivity contribution in [1.82, 2.24) is 0 Å². The number of rotatable bonds is 0. The predicted molar refractivity (Wildman–Crippen MR) is 44.0 cm³/mol. The third-order valence-electron chi connectivity index (χ3n) is 1.83. The zero-order valence-electron chi connectivity index (χ0n) is 5.79. The molecule has 1 rings (SSSR count). The highest BCUT2D eigenvalue weighted by atomic mass is 35.5. The smallest absolute Gasteiger partial charge is 0.106 e. The Morgan fingerprint density at radius 2 is 1.80 bits per heavy atom. The topological polar surface area (TPSA) is 4.44 Å².